The van der Waals surface area contributed by atoms with Crippen LogP contribution in [-0.4, -0.2) is 11.2 Å². The number of aryl methyl sites for hydroxylation is 1. The Kier molecular flexibility index (Phi) is 2.59. The van der Waals surface area contributed by atoms with Crippen LogP contribution in [0.1, 0.15) is 43.7 Å². The number of benzene rings is 1. The molecule has 0 aliphatic heterocycles. The first-order valence-electron chi connectivity index (χ1n) is 5.82. The van der Waals surface area contributed by atoms with Gasteiger partial charge in [0, 0.05) is 5.41 Å². The fraction of sp³-hybridized carbons (Fsp3) is 0.571. The minimum Gasteiger partial charge on any atom is -0.393 e. The molecule has 0 radical (unpaired) electrons. The Morgan fingerprint density at radius 2 is 2.20 bits per heavy atom. The Morgan fingerprint density at radius 3 is 2.73 bits per heavy atom. The quantitative estimate of drug-likeness (QED) is 0.784. The number of hydrogen-bond donors (Lipinski definition) is 1. The van der Waals surface area contributed by atoms with Crippen LogP contribution in [0, 0.1) is 12.3 Å². The molecule has 0 amide bonds. The summed E-state index contributed by atoms with van der Waals surface area (Å²) >= 11 is 0. The van der Waals surface area contributed by atoms with Crippen LogP contribution in [0.3, 0.4) is 0 Å². The van der Waals surface area contributed by atoms with Gasteiger partial charge in [0.15, 0.2) is 0 Å². The highest BCUT2D eigenvalue weighted by Crippen LogP contribution is 2.54. The minimum atomic E-state index is -0.118. The molecule has 0 spiro atoms. The summed E-state index contributed by atoms with van der Waals surface area (Å²) < 4.78 is 0. The van der Waals surface area contributed by atoms with Gasteiger partial charge in [-0.15, -0.1) is 0 Å². The molecule has 1 aromatic rings. The molecule has 0 bridgehead atoms. The van der Waals surface area contributed by atoms with Crippen molar-refractivity contribution in [3.05, 3.63) is 35.4 Å². The maximum Gasteiger partial charge on any atom is 0.0605 e. The summed E-state index contributed by atoms with van der Waals surface area (Å²) in [5, 5.41) is 9.87. The van der Waals surface area contributed by atoms with Gasteiger partial charge in [-0.3, -0.25) is 0 Å². The molecule has 1 aliphatic rings. The van der Waals surface area contributed by atoms with E-state index in [0.717, 1.165) is 12.8 Å². The standard InChI is InChI=1S/C14H20O/c1-4-14(3)12(9-13(14)15)11-7-5-6-10(2)8-11/h5-8,12-13,15H,4,9H2,1-3H3. The number of aliphatic hydroxyl groups excluding tert-OH is 1. The smallest absolute Gasteiger partial charge is 0.0605 e. The van der Waals surface area contributed by atoms with Crippen LogP contribution in [0.5, 0.6) is 0 Å². The normalized spacial score (nSPS) is 34.9. The van der Waals surface area contributed by atoms with Crippen molar-refractivity contribution in [3.8, 4) is 0 Å². The highest BCUT2D eigenvalue weighted by atomic mass is 16.3. The average molecular weight is 204 g/mol. The highest BCUT2D eigenvalue weighted by molar-refractivity contribution is 5.30. The van der Waals surface area contributed by atoms with Crippen molar-refractivity contribution in [2.24, 2.45) is 5.41 Å². The van der Waals surface area contributed by atoms with E-state index in [1.165, 1.54) is 11.1 Å². The van der Waals surface area contributed by atoms with Crippen molar-refractivity contribution in [2.75, 3.05) is 0 Å². The average Bonchev–Trinajstić information content (AvgIpc) is 2.24. The minimum absolute atomic E-state index is 0.0911. The molecule has 0 aromatic heterocycles. The lowest BCUT2D eigenvalue weighted by atomic mass is 9.55. The first-order valence-corrected chi connectivity index (χ1v) is 5.82. The van der Waals surface area contributed by atoms with Gasteiger partial charge in [0.1, 0.15) is 0 Å². The Bertz CT molecular complexity index is 358. The van der Waals surface area contributed by atoms with E-state index in [4.69, 9.17) is 0 Å². The van der Waals surface area contributed by atoms with Crippen LogP contribution >= 0.6 is 0 Å². The van der Waals surface area contributed by atoms with Crippen LogP contribution in [0.2, 0.25) is 0 Å². The molecule has 3 unspecified atom stereocenters. The predicted molar refractivity (Wildman–Crippen MR) is 62.9 cm³/mol. The number of hydrogen-bond acceptors (Lipinski definition) is 1. The van der Waals surface area contributed by atoms with Crippen LogP contribution in [0.25, 0.3) is 0 Å². The fourth-order valence-corrected chi connectivity index (χ4v) is 2.72. The second-order valence-corrected chi connectivity index (χ2v) is 5.08. The Hall–Kier alpha value is -0.820. The van der Waals surface area contributed by atoms with Crippen LogP contribution in [0.4, 0.5) is 0 Å². The Balaban J connectivity index is 2.26. The third-order valence-electron chi connectivity index (χ3n) is 4.22. The van der Waals surface area contributed by atoms with Crippen molar-refractivity contribution >= 4 is 0 Å². The summed E-state index contributed by atoms with van der Waals surface area (Å²) in [6.07, 6.45) is 1.86. The first-order chi connectivity index (χ1) is 7.08. The molecule has 82 valence electrons. The van der Waals surface area contributed by atoms with Gasteiger partial charge in [-0.25, -0.2) is 0 Å². The van der Waals surface area contributed by atoms with Gasteiger partial charge in [-0.1, -0.05) is 43.7 Å². The maximum atomic E-state index is 9.87. The van der Waals surface area contributed by atoms with E-state index >= 15 is 0 Å². The zero-order valence-corrected chi connectivity index (χ0v) is 9.83. The van der Waals surface area contributed by atoms with Crippen molar-refractivity contribution in [3.63, 3.8) is 0 Å². The Labute approximate surface area is 92.1 Å². The lowest BCUT2D eigenvalue weighted by molar-refractivity contribution is -0.0777. The molecule has 1 heteroatoms. The molecule has 0 saturated heterocycles. The molecule has 15 heavy (non-hydrogen) atoms. The van der Waals surface area contributed by atoms with Gasteiger partial charge >= 0.3 is 0 Å². The number of rotatable bonds is 2. The van der Waals surface area contributed by atoms with E-state index in [1.807, 2.05) is 0 Å². The van der Waals surface area contributed by atoms with E-state index in [-0.39, 0.29) is 11.5 Å². The number of aliphatic hydroxyl groups is 1. The monoisotopic (exact) mass is 204 g/mol. The molecule has 0 heterocycles. The highest BCUT2D eigenvalue weighted by Gasteiger charge is 2.49. The molecule has 1 nitrogen and oxygen atoms in total. The molecule has 1 aliphatic carbocycles. The second-order valence-electron chi connectivity index (χ2n) is 5.08. The van der Waals surface area contributed by atoms with E-state index in [2.05, 4.69) is 45.0 Å². The van der Waals surface area contributed by atoms with Crippen LogP contribution in [-0.2, 0) is 0 Å². The van der Waals surface area contributed by atoms with Crippen molar-refractivity contribution in [1.29, 1.82) is 0 Å². The van der Waals surface area contributed by atoms with E-state index in [0.29, 0.717) is 5.92 Å². The molecular formula is C14H20O. The summed E-state index contributed by atoms with van der Waals surface area (Å²) in [5.74, 6) is 0.539. The lowest BCUT2D eigenvalue weighted by Crippen LogP contribution is -2.49. The van der Waals surface area contributed by atoms with Crippen LogP contribution in [0.15, 0.2) is 24.3 Å². The molecule has 1 aromatic carbocycles. The molecule has 2 rings (SSSR count). The van der Waals surface area contributed by atoms with E-state index in [9.17, 15) is 5.11 Å². The van der Waals surface area contributed by atoms with Gasteiger partial charge in [-0.05, 0) is 31.2 Å². The van der Waals surface area contributed by atoms with E-state index in [1.54, 1.807) is 0 Å². The third-order valence-corrected chi connectivity index (χ3v) is 4.22. The van der Waals surface area contributed by atoms with Gasteiger partial charge in [0.05, 0.1) is 6.10 Å². The predicted octanol–water partition coefficient (Wildman–Crippen LogP) is 3.26. The first kappa shape index (κ1) is 10.7. The summed E-state index contributed by atoms with van der Waals surface area (Å²) in [4.78, 5) is 0. The van der Waals surface area contributed by atoms with Gasteiger partial charge < -0.3 is 5.11 Å². The van der Waals surface area contributed by atoms with Gasteiger partial charge in [0.25, 0.3) is 0 Å². The fourth-order valence-electron chi connectivity index (χ4n) is 2.72. The topological polar surface area (TPSA) is 20.2 Å². The largest absolute Gasteiger partial charge is 0.393 e. The summed E-state index contributed by atoms with van der Waals surface area (Å²) in [6.45, 7) is 6.50. The molecule has 1 saturated carbocycles. The van der Waals surface area contributed by atoms with Crippen molar-refractivity contribution < 1.29 is 5.11 Å². The van der Waals surface area contributed by atoms with Gasteiger partial charge in [0.2, 0.25) is 0 Å². The summed E-state index contributed by atoms with van der Waals surface area (Å²) in [6, 6.07) is 8.69. The molecule has 1 N–H and O–H groups in total. The van der Waals surface area contributed by atoms with Crippen molar-refractivity contribution in [2.45, 2.75) is 45.6 Å². The second kappa shape index (κ2) is 3.64. The van der Waals surface area contributed by atoms with Gasteiger partial charge in [-0.2, -0.15) is 0 Å². The SMILES string of the molecule is CCC1(C)C(O)CC1c1cccc(C)c1. The zero-order valence-electron chi connectivity index (χ0n) is 9.83. The zero-order chi connectivity index (χ0) is 11.1. The summed E-state index contributed by atoms with van der Waals surface area (Å²) in [7, 11) is 0. The van der Waals surface area contributed by atoms with Crippen LogP contribution < -0.4 is 0 Å². The molecular weight excluding hydrogens is 184 g/mol. The summed E-state index contributed by atoms with van der Waals surface area (Å²) in [5.41, 5.74) is 2.80. The third kappa shape index (κ3) is 1.59. The molecule has 3 atom stereocenters. The van der Waals surface area contributed by atoms with E-state index < -0.39 is 0 Å². The van der Waals surface area contributed by atoms with Crippen molar-refractivity contribution in [1.82, 2.24) is 0 Å². The lowest BCUT2D eigenvalue weighted by Gasteiger charge is -2.51. The molecule has 1 fully saturated rings. The Morgan fingerprint density at radius 1 is 1.47 bits per heavy atom. The maximum absolute atomic E-state index is 9.87.